The summed E-state index contributed by atoms with van der Waals surface area (Å²) >= 11 is 0. The predicted molar refractivity (Wildman–Crippen MR) is 58.4 cm³/mol. The van der Waals surface area contributed by atoms with Crippen molar-refractivity contribution in [3.05, 3.63) is 30.1 Å². The Bertz CT molecular complexity index is 341. The monoisotopic (exact) mass is 211 g/mol. The molecule has 0 amide bonds. The lowest BCUT2D eigenvalue weighted by atomic mass is 10.3. The van der Waals surface area contributed by atoms with E-state index >= 15 is 0 Å². The van der Waals surface area contributed by atoms with Gasteiger partial charge in [0.25, 0.3) is 0 Å². The van der Waals surface area contributed by atoms with Gasteiger partial charge in [-0.25, -0.2) is 4.39 Å². The molecule has 0 unspecified atom stereocenters. The van der Waals surface area contributed by atoms with E-state index in [1.54, 1.807) is 25.3 Å². The number of benzene rings is 1. The zero-order chi connectivity index (χ0) is 11.1. The molecule has 0 bridgehead atoms. The number of nitrogens with one attached hydrogen (secondary N) is 1. The molecule has 0 heterocycles. The fraction of sp³-hybridized carbons (Fsp3) is 0.300. The first-order chi connectivity index (χ1) is 7.24. The molecule has 1 rings (SSSR count). The van der Waals surface area contributed by atoms with Crippen LogP contribution in [0.5, 0.6) is 0 Å². The van der Waals surface area contributed by atoms with E-state index in [1.807, 2.05) is 0 Å². The summed E-state index contributed by atoms with van der Waals surface area (Å²) in [6.07, 6.45) is 0. The van der Waals surface area contributed by atoms with Crippen LogP contribution in [0.2, 0.25) is 0 Å². The zero-order valence-corrected chi connectivity index (χ0v) is 8.53. The number of rotatable bonds is 4. The Morgan fingerprint density at radius 1 is 1.53 bits per heavy atom. The second-order valence-corrected chi connectivity index (χ2v) is 2.86. The Balaban J connectivity index is 2.54. The number of halogens is 1. The summed E-state index contributed by atoms with van der Waals surface area (Å²) in [5.74, 6) is -0.181. The number of guanidine groups is 1. The SMILES string of the molecule is COCCN=C(N)Nc1ccccc1F. The van der Waals surface area contributed by atoms with Crippen LogP contribution in [0.15, 0.2) is 29.3 Å². The molecule has 0 aliphatic carbocycles. The van der Waals surface area contributed by atoms with Crippen LogP contribution in [0.1, 0.15) is 0 Å². The van der Waals surface area contributed by atoms with E-state index < -0.39 is 0 Å². The first-order valence-corrected chi connectivity index (χ1v) is 4.54. The molecule has 0 saturated carbocycles. The summed E-state index contributed by atoms with van der Waals surface area (Å²) in [7, 11) is 1.58. The molecule has 0 radical (unpaired) electrons. The van der Waals surface area contributed by atoms with Gasteiger partial charge in [-0.05, 0) is 12.1 Å². The summed E-state index contributed by atoms with van der Waals surface area (Å²) in [4.78, 5) is 3.94. The molecule has 3 N–H and O–H groups in total. The Morgan fingerprint density at radius 2 is 2.27 bits per heavy atom. The molecule has 5 heteroatoms. The number of ether oxygens (including phenoxy) is 1. The van der Waals surface area contributed by atoms with Crippen molar-refractivity contribution in [3.63, 3.8) is 0 Å². The number of methoxy groups -OCH3 is 1. The molecular formula is C10H14FN3O. The number of hydrogen-bond acceptors (Lipinski definition) is 2. The minimum atomic E-state index is -0.359. The van der Waals surface area contributed by atoms with Crippen LogP contribution in [-0.2, 0) is 4.74 Å². The average molecular weight is 211 g/mol. The third-order valence-electron chi connectivity index (χ3n) is 1.71. The van der Waals surface area contributed by atoms with Crippen LogP contribution in [0.25, 0.3) is 0 Å². The smallest absolute Gasteiger partial charge is 0.193 e. The van der Waals surface area contributed by atoms with Crippen molar-refractivity contribution in [1.29, 1.82) is 0 Å². The third-order valence-corrected chi connectivity index (χ3v) is 1.71. The lowest BCUT2D eigenvalue weighted by molar-refractivity contribution is 0.208. The Morgan fingerprint density at radius 3 is 2.93 bits per heavy atom. The van der Waals surface area contributed by atoms with Gasteiger partial charge in [0.1, 0.15) is 5.82 Å². The van der Waals surface area contributed by atoms with Crippen molar-refractivity contribution in [2.24, 2.45) is 10.7 Å². The van der Waals surface area contributed by atoms with Crippen molar-refractivity contribution < 1.29 is 9.13 Å². The van der Waals surface area contributed by atoms with Gasteiger partial charge in [-0.2, -0.15) is 0 Å². The number of nitrogens with zero attached hydrogens (tertiary/aromatic N) is 1. The van der Waals surface area contributed by atoms with E-state index in [4.69, 9.17) is 10.5 Å². The first-order valence-electron chi connectivity index (χ1n) is 4.54. The number of aliphatic imine (C=N–C) groups is 1. The van der Waals surface area contributed by atoms with Gasteiger partial charge < -0.3 is 15.8 Å². The van der Waals surface area contributed by atoms with Crippen molar-refractivity contribution in [3.8, 4) is 0 Å². The quantitative estimate of drug-likeness (QED) is 0.447. The van der Waals surface area contributed by atoms with Crippen LogP contribution in [0.4, 0.5) is 10.1 Å². The molecule has 0 atom stereocenters. The summed E-state index contributed by atoms with van der Waals surface area (Å²) in [5, 5.41) is 2.67. The highest BCUT2D eigenvalue weighted by atomic mass is 19.1. The molecule has 4 nitrogen and oxygen atoms in total. The van der Waals surface area contributed by atoms with Gasteiger partial charge in [-0.3, -0.25) is 4.99 Å². The molecule has 0 spiro atoms. The van der Waals surface area contributed by atoms with Crippen LogP contribution in [0.3, 0.4) is 0 Å². The summed E-state index contributed by atoms with van der Waals surface area (Å²) < 4.78 is 17.9. The fourth-order valence-electron chi connectivity index (χ4n) is 0.997. The van der Waals surface area contributed by atoms with Gasteiger partial charge >= 0.3 is 0 Å². The lowest BCUT2D eigenvalue weighted by Crippen LogP contribution is -2.23. The highest BCUT2D eigenvalue weighted by Gasteiger charge is 2.00. The Hall–Kier alpha value is -1.62. The third kappa shape index (κ3) is 3.95. The number of nitrogens with two attached hydrogens (primary N) is 1. The van der Waals surface area contributed by atoms with Crippen molar-refractivity contribution in [2.75, 3.05) is 25.6 Å². The second kappa shape index (κ2) is 5.98. The molecule has 1 aromatic rings. The lowest BCUT2D eigenvalue weighted by Gasteiger charge is -2.05. The standard InChI is InChI=1S/C10H14FN3O/c1-15-7-6-13-10(12)14-9-5-3-2-4-8(9)11/h2-5H,6-7H2,1H3,(H3,12,13,14). The molecule has 0 aromatic heterocycles. The maximum absolute atomic E-state index is 13.1. The molecule has 1 aromatic carbocycles. The van der Waals surface area contributed by atoms with E-state index in [1.165, 1.54) is 6.07 Å². The van der Waals surface area contributed by atoms with Crippen molar-refractivity contribution in [2.45, 2.75) is 0 Å². The highest BCUT2D eigenvalue weighted by Crippen LogP contribution is 2.11. The number of para-hydroxylation sites is 1. The van der Waals surface area contributed by atoms with E-state index in [2.05, 4.69) is 10.3 Å². The summed E-state index contributed by atoms with van der Waals surface area (Å²) in [6, 6.07) is 6.27. The number of hydrogen-bond donors (Lipinski definition) is 2. The molecule has 0 saturated heterocycles. The summed E-state index contributed by atoms with van der Waals surface area (Å²) in [6.45, 7) is 0.934. The van der Waals surface area contributed by atoms with Gasteiger partial charge in [0.15, 0.2) is 5.96 Å². The predicted octanol–water partition coefficient (Wildman–Crippen LogP) is 1.20. The fourth-order valence-corrected chi connectivity index (χ4v) is 0.997. The van der Waals surface area contributed by atoms with Crippen molar-refractivity contribution >= 4 is 11.6 Å². The van der Waals surface area contributed by atoms with Gasteiger partial charge in [-0.1, -0.05) is 12.1 Å². The molecule has 0 aliphatic rings. The zero-order valence-electron chi connectivity index (χ0n) is 8.53. The summed E-state index contributed by atoms with van der Waals surface area (Å²) in [5.41, 5.74) is 5.85. The van der Waals surface area contributed by atoms with Crippen molar-refractivity contribution in [1.82, 2.24) is 0 Å². The van der Waals surface area contributed by atoms with Gasteiger partial charge in [0.05, 0.1) is 18.8 Å². The largest absolute Gasteiger partial charge is 0.383 e. The normalized spacial score (nSPS) is 11.5. The molecular weight excluding hydrogens is 197 g/mol. The maximum atomic E-state index is 13.1. The van der Waals surface area contributed by atoms with Crippen LogP contribution >= 0.6 is 0 Å². The Labute approximate surface area is 88.0 Å². The van der Waals surface area contributed by atoms with Crippen LogP contribution < -0.4 is 11.1 Å². The molecule has 0 aliphatic heterocycles. The molecule has 82 valence electrons. The minimum absolute atomic E-state index is 0.178. The van der Waals surface area contributed by atoms with Gasteiger partial charge in [0, 0.05) is 7.11 Å². The van der Waals surface area contributed by atoms with Gasteiger partial charge in [-0.15, -0.1) is 0 Å². The molecule has 15 heavy (non-hydrogen) atoms. The van der Waals surface area contributed by atoms with Crippen LogP contribution in [-0.4, -0.2) is 26.2 Å². The first kappa shape index (κ1) is 11.5. The van der Waals surface area contributed by atoms with E-state index in [-0.39, 0.29) is 11.8 Å². The van der Waals surface area contributed by atoms with E-state index in [0.29, 0.717) is 18.8 Å². The Kier molecular flexibility index (Phi) is 4.56. The molecule has 0 fully saturated rings. The van der Waals surface area contributed by atoms with Gasteiger partial charge in [0.2, 0.25) is 0 Å². The minimum Gasteiger partial charge on any atom is -0.383 e. The highest BCUT2D eigenvalue weighted by molar-refractivity contribution is 5.92. The number of anilines is 1. The van der Waals surface area contributed by atoms with Crippen LogP contribution in [0, 0.1) is 5.82 Å². The van der Waals surface area contributed by atoms with E-state index in [0.717, 1.165) is 0 Å². The topological polar surface area (TPSA) is 59.6 Å². The maximum Gasteiger partial charge on any atom is 0.193 e. The van der Waals surface area contributed by atoms with E-state index in [9.17, 15) is 4.39 Å². The average Bonchev–Trinajstić information content (AvgIpc) is 2.22. The second-order valence-electron chi connectivity index (χ2n) is 2.86.